The van der Waals surface area contributed by atoms with Crippen molar-refractivity contribution in [2.24, 2.45) is 0 Å². The first kappa shape index (κ1) is 8.48. The van der Waals surface area contributed by atoms with E-state index in [9.17, 15) is 0 Å². The van der Waals surface area contributed by atoms with Crippen LogP contribution in [0.3, 0.4) is 0 Å². The van der Waals surface area contributed by atoms with Gasteiger partial charge in [0.25, 0.3) is 0 Å². The Balaban J connectivity index is 0.000000490. The van der Waals surface area contributed by atoms with Crippen molar-refractivity contribution >= 4 is 12.4 Å². The Kier molecular flexibility index (Phi) is 4.64. The molecule has 0 radical (unpaired) electrons. The standard InChI is InChI=1S/C5H5.CH3.ClH.Ti/c1-2-4-5-3-1;;;/h1-3H,4H2;1H3;1H;. The molecule has 44 valence electrons. The Morgan fingerprint density at radius 3 is 2.62 bits per heavy atom. The van der Waals surface area contributed by atoms with Crippen LogP contribution in [0.1, 0.15) is 6.42 Å². The summed E-state index contributed by atoms with van der Waals surface area (Å²) >= 11 is 0.292. The van der Waals surface area contributed by atoms with Crippen LogP contribution in [0.4, 0.5) is 0 Å². The Labute approximate surface area is 65.4 Å². The summed E-state index contributed by atoms with van der Waals surface area (Å²) in [6, 6.07) is 0. The van der Waals surface area contributed by atoms with Crippen molar-refractivity contribution in [3.05, 3.63) is 22.1 Å². The molecule has 0 spiro atoms. The summed E-state index contributed by atoms with van der Waals surface area (Å²) in [4.78, 5) is 0. The third kappa shape index (κ3) is 2.17. The van der Waals surface area contributed by atoms with Crippen LogP contribution in [0.15, 0.2) is 22.1 Å². The van der Waals surface area contributed by atoms with E-state index in [1.165, 1.54) is 6.42 Å². The quantitative estimate of drug-likeness (QED) is 0.522. The fourth-order valence-electron chi connectivity index (χ4n) is 0.633. The minimum absolute atomic E-state index is 0. The van der Waals surface area contributed by atoms with Gasteiger partial charge in [-0.2, -0.15) is 0 Å². The molecule has 0 aliphatic heterocycles. The Morgan fingerprint density at radius 1 is 1.62 bits per heavy atom. The van der Waals surface area contributed by atoms with E-state index < -0.39 is 0 Å². The molecule has 1 rings (SSSR count). The van der Waals surface area contributed by atoms with Gasteiger partial charge in [-0.15, -0.1) is 12.4 Å². The third-order valence-electron chi connectivity index (χ3n) is 1.09. The molecule has 0 heterocycles. The monoisotopic (exact) mass is 164 g/mol. The zero-order chi connectivity index (χ0) is 5.11. The van der Waals surface area contributed by atoms with E-state index in [-0.39, 0.29) is 12.4 Å². The summed E-state index contributed by atoms with van der Waals surface area (Å²) in [6.07, 6.45) is 7.88. The number of rotatable bonds is 1. The van der Waals surface area contributed by atoms with Crippen molar-refractivity contribution in [1.82, 2.24) is 0 Å². The normalized spacial score (nSPS) is 14.9. The molecule has 1 aliphatic rings. The van der Waals surface area contributed by atoms with E-state index in [0.29, 0.717) is 19.2 Å². The summed E-state index contributed by atoms with van der Waals surface area (Å²) < 4.78 is 1.68. The zero-order valence-corrected chi connectivity index (χ0v) is 7.23. The van der Waals surface area contributed by atoms with Crippen molar-refractivity contribution in [1.29, 1.82) is 0 Å². The second-order valence-corrected chi connectivity index (χ2v) is 3.36. The first-order valence-electron chi connectivity index (χ1n) is 2.47. The number of hydrogen-bond donors (Lipinski definition) is 0. The van der Waals surface area contributed by atoms with Crippen LogP contribution in [0.5, 0.6) is 0 Å². The summed E-state index contributed by atoms with van der Waals surface area (Å²) in [7, 11) is 0. The topological polar surface area (TPSA) is 0 Å². The summed E-state index contributed by atoms with van der Waals surface area (Å²) in [5, 5.41) is 2.32. The van der Waals surface area contributed by atoms with Crippen molar-refractivity contribution < 1.29 is 19.2 Å². The molecule has 8 heavy (non-hydrogen) atoms. The second kappa shape index (κ2) is 4.37. The zero-order valence-electron chi connectivity index (χ0n) is 4.85. The van der Waals surface area contributed by atoms with Gasteiger partial charge in [0, 0.05) is 0 Å². The molecule has 0 aromatic carbocycles. The fourth-order valence-corrected chi connectivity index (χ4v) is 1.55. The first-order valence-corrected chi connectivity index (χ1v) is 4.81. The number of halogens is 1. The van der Waals surface area contributed by atoms with Gasteiger partial charge in [0.2, 0.25) is 0 Å². The van der Waals surface area contributed by atoms with Gasteiger partial charge in [-0.1, -0.05) is 0 Å². The first-order chi connectivity index (χ1) is 3.43. The van der Waals surface area contributed by atoms with Gasteiger partial charge in [0.1, 0.15) is 0 Å². The average Bonchev–Trinajstić information content (AvgIpc) is 2.14. The molecular weight excluding hydrogens is 155 g/mol. The SMILES string of the molecule is Cl.[CH3][Ti][C]1=CC=CC1. The Morgan fingerprint density at radius 2 is 2.38 bits per heavy atom. The van der Waals surface area contributed by atoms with Crippen molar-refractivity contribution in [3.8, 4) is 0 Å². The molecule has 1 aliphatic carbocycles. The Hall–Kier alpha value is 0.484. The summed E-state index contributed by atoms with van der Waals surface area (Å²) in [5.74, 6) is 0. The predicted molar refractivity (Wildman–Crippen MR) is 35.0 cm³/mol. The van der Waals surface area contributed by atoms with Crippen molar-refractivity contribution in [2.75, 3.05) is 0 Å². The van der Waals surface area contributed by atoms with Crippen molar-refractivity contribution in [3.63, 3.8) is 0 Å². The maximum absolute atomic E-state index is 2.32. The van der Waals surface area contributed by atoms with E-state index in [2.05, 4.69) is 23.5 Å². The molecule has 0 bridgehead atoms. The molecule has 0 aromatic rings. The number of allylic oxidation sites excluding steroid dienone is 4. The van der Waals surface area contributed by atoms with E-state index in [4.69, 9.17) is 0 Å². The van der Waals surface area contributed by atoms with Gasteiger partial charge >= 0.3 is 52.9 Å². The van der Waals surface area contributed by atoms with E-state index >= 15 is 0 Å². The van der Waals surface area contributed by atoms with Crippen LogP contribution < -0.4 is 0 Å². The van der Waals surface area contributed by atoms with Gasteiger partial charge in [0.15, 0.2) is 0 Å². The van der Waals surface area contributed by atoms with Crippen LogP contribution in [-0.2, 0) is 19.2 Å². The van der Waals surface area contributed by atoms with Crippen LogP contribution in [0.2, 0.25) is 5.23 Å². The fraction of sp³-hybridized carbons (Fsp3) is 0.333. The van der Waals surface area contributed by atoms with Gasteiger partial charge in [0.05, 0.1) is 0 Å². The molecule has 0 fully saturated rings. The minimum atomic E-state index is 0. The van der Waals surface area contributed by atoms with Crippen LogP contribution in [-0.4, -0.2) is 0 Å². The van der Waals surface area contributed by atoms with Crippen LogP contribution >= 0.6 is 12.4 Å². The van der Waals surface area contributed by atoms with E-state index in [0.717, 1.165) is 0 Å². The van der Waals surface area contributed by atoms with Gasteiger partial charge in [-0.05, 0) is 0 Å². The van der Waals surface area contributed by atoms with E-state index in [1.54, 1.807) is 3.88 Å². The summed E-state index contributed by atoms with van der Waals surface area (Å²) in [6.45, 7) is 0. The molecule has 0 N–H and O–H groups in total. The molecule has 0 amide bonds. The van der Waals surface area contributed by atoms with E-state index in [1.807, 2.05) is 0 Å². The van der Waals surface area contributed by atoms with Gasteiger partial charge in [-0.3, -0.25) is 0 Å². The summed E-state index contributed by atoms with van der Waals surface area (Å²) in [5.41, 5.74) is 0. The molecule has 0 unspecified atom stereocenters. The maximum atomic E-state index is 2.32. The van der Waals surface area contributed by atoms with Crippen LogP contribution in [0.25, 0.3) is 0 Å². The van der Waals surface area contributed by atoms with Gasteiger partial charge in [-0.25, -0.2) is 0 Å². The van der Waals surface area contributed by atoms with Gasteiger partial charge < -0.3 is 0 Å². The molecule has 0 aromatic heterocycles. The molecular formula is C6H9ClTi. The van der Waals surface area contributed by atoms with Crippen molar-refractivity contribution in [2.45, 2.75) is 11.6 Å². The number of hydrogen-bond acceptors (Lipinski definition) is 0. The average molecular weight is 164 g/mol. The molecule has 0 atom stereocenters. The second-order valence-electron chi connectivity index (χ2n) is 1.57. The third-order valence-corrected chi connectivity index (χ3v) is 2.67. The van der Waals surface area contributed by atoms with Crippen LogP contribution in [0, 0.1) is 0 Å². The molecule has 2 heteroatoms. The molecule has 0 nitrogen and oxygen atoms in total. The Bertz CT molecular complexity index is 116. The molecule has 0 saturated carbocycles. The molecule has 0 saturated heterocycles. The predicted octanol–water partition coefficient (Wildman–Crippen LogP) is 2.38.